The SMILES string of the molecule is CCCC1C(CN)CC2CCC1N2C(=O)OC(C)(C)C. The summed E-state index contributed by atoms with van der Waals surface area (Å²) in [6, 6.07) is 0.689. The van der Waals surface area contributed by atoms with Gasteiger partial charge in [0.25, 0.3) is 0 Å². The van der Waals surface area contributed by atoms with Crippen molar-refractivity contribution in [1.29, 1.82) is 0 Å². The summed E-state index contributed by atoms with van der Waals surface area (Å²) in [5.74, 6) is 1.13. The molecular formula is C16H30N2O2. The second kappa shape index (κ2) is 5.92. The summed E-state index contributed by atoms with van der Waals surface area (Å²) in [5.41, 5.74) is 5.55. The number of piperidine rings is 1. The van der Waals surface area contributed by atoms with E-state index < -0.39 is 5.60 Å². The molecular weight excluding hydrogens is 252 g/mol. The van der Waals surface area contributed by atoms with Gasteiger partial charge in [0, 0.05) is 12.1 Å². The lowest BCUT2D eigenvalue weighted by Crippen LogP contribution is -2.54. The van der Waals surface area contributed by atoms with Crippen LogP contribution >= 0.6 is 0 Å². The maximum atomic E-state index is 12.5. The van der Waals surface area contributed by atoms with E-state index in [9.17, 15) is 4.79 Å². The van der Waals surface area contributed by atoms with Gasteiger partial charge in [-0.1, -0.05) is 13.3 Å². The molecule has 116 valence electrons. The minimum absolute atomic E-state index is 0.124. The number of carbonyl (C=O) groups is 1. The molecule has 0 radical (unpaired) electrons. The number of hydrogen-bond acceptors (Lipinski definition) is 3. The summed E-state index contributed by atoms with van der Waals surface area (Å²) in [6.07, 6.45) is 5.48. The third-order valence-corrected chi connectivity index (χ3v) is 4.75. The normalized spacial score (nSPS) is 33.4. The standard InChI is InChI=1S/C16H30N2O2/c1-5-6-13-11(10-17)9-12-7-8-14(13)18(12)15(19)20-16(2,3)4/h11-14H,5-10,17H2,1-4H3. The molecule has 2 bridgehead atoms. The molecule has 4 atom stereocenters. The Kier molecular flexibility index (Phi) is 4.62. The van der Waals surface area contributed by atoms with E-state index in [4.69, 9.17) is 10.5 Å². The molecule has 0 saturated carbocycles. The summed E-state index contributed by atoms with van der Waals surface area (Å²) in [6.45, 7) is 8.77. The van der Waals surface area contributed by atoms with Gasteiger partial charge in [-0.2, -0.15) is 0 Å². The van der Waals surface area contributed by atoms with E-state index in [-0.39, 0.29) is 6.09 Å². The van der Waals surface area contributed by atoms with Crippen LogP contribution in [0.3, 0.4) is 0 Å². The predicted molar refractivity (Wildman–Crippen MR) is 80.4 cm³/mol. The Hall–Kier alpha value is -0.770. The average Bonchev–Trinajstić information content (AvgIpc) is 2.67. The molecule has 2 saturated heterocycles. The Morgan fingerprint density at radius 2 is 2.05 bits per heavy atom. The van der Waals surface area contributed by atoms with E-state index in [0.29, 0.717) is 23.9 Å². The molecule has 2 N–H and O–H groups in total. The van der Waals surface area contributed by atoms with Crippen LogP contribution in [0.15, 0.2) is 0 Å². The molecule has 2 aliphatic rings. The fourth-order valence-electron chi connectivity index (χ4n) is 4.03. The number of fused-ring (bicyclic) bond motifs is 2. The minimum atomic E-state index is -0.415. The monoisotopic (exact) mass is 282 g/mol. The number of hydrogen-bond donors (Lipinski definition) is 1. The summed E-state index contributed by atoms with van der Waals surface area (Å²) >= 11 is 0. The van der Waals surface area contributed by atoms with Gasteiger partial charge >= 0.3 is 6.09 Å². The molecule has 0 aromatic heterocycles. The quantitative estimate of drug-likeness (QED) is 0.865. The van der Waals surface area contributed by atoms with E-state index in [0.717, 1.165) is 32.2 Å². The van der Waals surface area contributed by atoms with Gasteiger partial charge in [-0.3, -0.25) is 0 Å². The molecule has 0 aromatic carbocycles. The van der Waals surface area contributed by atoms with Crippen LogP contribution < -0.4 is 5.73 Å². The van der Waals surface area contributed by atoms with Gasteiger partial charge in [-0.05, 0) is 64.8 Å². The lowest BCUT2D eigenvalue weighted by atomic mass is 9.77. The van der Waals surface area contributed by atoms with Crippen molar-refractivity contribution in [3.05, 3.63) is 0 Å². The first-order valence-electron chi connectivity index (χ1n) is 8.08. The third-order valence-electron chi connectivity index (χ3n) is 4.75. The van der Waals surface area contributed by atoms with Gasteiger partial charge in [0.15, 0.2) is 0 Å². The van der Waals surface area contributed by atoms with Gasteiger partial charge < -0.3 is 15.4 Å². The van der Waals surface area contributed by atoms with Gasteiger partial charge in [-0.15, -0.1) is 0 Å². The van der Waals surface area contributed by atoms with Crippen LogP contribution in [0.2, 0.25) is 0 Å². The van der Waals surface area contributed by atoms with E-state index in [1.165, 1.54) is 6.42 Å². The number of nitrogens with zero attached hydrogens (tertiary/aromatic N) is 1. The first-order valence-corrected chi connectivity index (χ1v) is 8.08. The van der Waals surface area contributed by atoms with Crippen LogP contribution in [0.5, 0.6) is 0 Å². The lowest BCUT2D eigenvalue weighted by Gasteiger charge is -2.44. The Bertz CT molecular complexity index is 351. The largest absolute Gasteiger partial charge is 0.444 e. The van der Waals surface area contributed by atoms with Gasteiger partial charge in [0.2, 0.25) is 0 Å². The molecule has 4 unspecified atom stereocenters. The molecule has 2 aliphatic heterocycles. The van der Waals surface area contributed by atoms with Crippen molar-refractivity contribution in [3.8, 4) is 0 Å². The van der Waals surface area contributed by atoms with Crippen LogP contribution in [0.1, 0.15) is 59.8 Å². The summed E-state index contributed by atoms with van der Waals surface area (Å²) in [4.78, 5) is 14.5. The van der Waals surface area contributed by atoms with Crippen molar-refractivity contribution >= 4 is 6.09 Å². The van der Waals surface area contributed by atoms with Gasteiger partial charge in [-0.25, -0.2) is 4.79 Å². The Morgan fingerprint density at radius 3 is 2.60 bits per heavy atom. The van der Waals surface area contributed by atoms with E-state index >= 15 is 0 Å². The molecule has 0 spiro atoms. The topological polar surface area (TPSA) is 55.6 Å². The molecule has 0 aromatic rings. The molecule has 20 heavy (non-hydrogen) atoms. The molecule has 2 fully saturated rings. The van der Waals surface area contributed by atoms with Gasteiger partial charge in [0.1, 0.15) is 5.60 Å². The van der Waals surface area contributed by atoms with Crippen molar-refractivity contribution < 1.29 is 9.53 Å². The van der Waals surface area contributed by atoms with E-state index in [2.05, 4.69) is 6.92 Å². The predicted octanol–water partition coefficient (Wildman–Crippen LogP) is 3.15. The zero-order chi connectivity index (χ0) is 14.9. The lowest BCUT2D eigenvalue weighted by molar-refractivity contribution is -0.0131. The average molecular weight is 282 g/mol. The number of rotatable bonds is 3. The first kappa shape index (κ1) is 15.6. The molecule has 2 heterocycles. The van der Waals surface area contributed by atoms with Gasteiger partial charge in [0.05, 0.1) is 0 Å². The molecule has 4 nitrogen and oxygen atoms in total. The maximum Gasteiger partial charge on any atom is 0.410 e. The zero-order valence-corrected chi connectivity index (χ0v) is 13.4. The molecule has 4 heteroatoms. The number of ether oxygens (including phenoxy) is 1. The highest BCUT2D eigenvalue weighted by Crippen LogP contribution is 2.44. The first-order chi connectivity index (χ1) is 9.37. The molecule has 2 rings (SSSR count). The van der Waals surface area contributed by atoms with Crippen molar-refractivity contribution in [3.63, 3.8) is 0 Å². The summed E-state index contributed by atoms with van der Waals surface area (Å²) < 4.78 is 5.61. The van der Waals surface area contributed by atoms with Crippen LogP contribution in [-0.2, 0) is 4.74 Å². The highest BCUT2D eigenvalue weighted by molar-refractivity contribution is 5.69. The van der Waals surface area contributed by atoms with Crippen molar-refractivity contribution in [2.45, 2.75) is 77.5 Å². The zero-order valence-electron chi connectivity index (χ0n) is 13.4. The van der Waals surface area contributed by atoms with Crippen LogP contribution in [0, 0.1) is 11.8 Å². The smallest absolute Gasteiger partial charge is 0.410 e. The van der Waals surface area contributed by atoms with Crippen molar-refractivity contribution in [1.82, 2.24) is 4.90 Å². The number of nitrogens with two attached hydrogens (primary N) is 1. The number of carbonyl (C=O) groups excluding carboxylic acids is 1. The highest BCUT2D eigenvalue weighted by atomic mass is 16.6. The fourth-order valence-corrected chi connectivity index (χ4v) is 4.03. The second-order valence-electron chi connectivity index (χ2n) is 7.37. The maximum absolute atomic E-state index is 12.5. The Balaban J connectivity index is 2.13. The van der Waals surface area contributed by atoms with E-state index in [1.54, 1.807) is 0 Å². The number of amides is 1. The second-order valence-corrected chi connectivity index (χ2v) is 7.37. The van der Waals surface area contributed by atoms with Crippen molar-refractivity contribution in [2.24, 2.45) is 17.6 Å². The third kappa shape index (κ3) is 3.11. The summed E-state index contributed by atoms with van der Waals surface area (Å²) in [7, 11) is 0. The van der Waals surface area contributed by atoms with E-state index in [1.807, 2.05) is 25.7 Å². The Morgan fingerprint density at radius 1 is 1.35 bits per heavy atom. The van der Waals surface area contributed by atoms with Crippen LogP contribution in [-0.4, -0.2) is 35.2 Å². The van der Waals surface area contributed by atoms with Crippen LogP contribution in [0.25, 0.3) is 0 Å². The highest BCUT2D eigenvalue weighted by Gasteiger charge is 2.49. The summed E-state index contributed by atoms with van der Waals surface area (Å²) in [5, 5.41) is 0. The molecule has 0 aliphatic carbocycles. The Labute approximate surface area is 123 Å². The molecule has 1 amide bonds. The van der Waals surface area contributed by atoms with Crippen molar-refractivity contribution in [2.75, 3.05) is 6.54 Å². The fraction of sp³-hybridized carbons (Fsp3) is 0.938. The van der Waals surface area contributed by atoms with Crippen LogP contribution in [0.4, 0.5) is 4.79 Å². The minimum Gasteiger partial charge on any atom is -0.444 e.